The van der Waals surface area contributed by atoms with Gasteiger partial charge in [0.05, 0.1) is 35.8 Å². The average Bonchev–Trinajstić information content (AvgIpc) is 3.52. The van der Waals surface area contributed by atoms with E-state index in [0.29, 0.717) is 30.0 Å². The van der Waals surface area contributed by atoms with E-state index in [-0.39, 0.29) is 58.6 Å². The topological polar surface area (TPSA) is 108 Å². The van der Waals surface area contributed by atoms with E-state index >= 15 is 0 Å². The number of nitrogens with one attached hydrogen (secondary N) is 1. The molecule has 1 unspecified atom stereocenters. The zero-order valence-corrected chi connectivity index (χ0v) is 27.8. The van der Waals surface area contributed by atoms with E-state index in [9.17, 15) is 40.7 Å². The Bertz CT molecular complexity index is 1920. The van der Waals surface area contributed by atoms with Crippen molar-refractivity contribution in [2.75, 3.05) is 6.61 Å². The van der Waals surface area contributed by atoms with E-state index in [1.54, 1.807) is 6.92 Å². The molecule has 3 heterocycles. The van der Waals surface area contributed by atoms with Gasteiger partial charge >= 0.3 is 5.97 Å². The van der Waals surface area contributed by atoms with Crippen molar-refractivity contribution in [3.63, 3.8) is 0 Å². The lowest BCUT2D eigenvalue weighted by Crippen LogP contribution is -2.29. The summed E-state index contributed by atoms with van der Waals surface area (Å²) >= 11 is 23.5. The maximum atomic E-state index is 14.1. The summed E-state index contributed by atoms with van der Waals surface area (Å²) in [6, 6.07) is 0.558. The molecule has 49 heavy (non-hydrogen) atoms. The summed E-state index contributed by atoms with van der Waals surface area (Å²) in [6.07, 6.45) is 2.23. The summed E-state index contributed by atoms with van der Waals surface area (Å²) in [5.74, 6) is -9.30. The van der Waals surface area contributed by atoms with E-state index in [2.05, 4.69) is 15.3 Å². The number of esters is 1. The second-order valence-corrected chi connectivity index (χ2v) is 11.4. The number of hydrogen-bond acceptors (Lipinski definition) is 6. The van der Waals surface area contributed by atoms with Crippen LogP contribution in [0, 0.1) is 34.9 Å². The molecule has 0 aliphatic carbocycles. The number of rotatable bonds is 9. The monoisotopic (exact) mass is 769 g/mol. The van der Waals surface area contributed by atoms with Crippen LogP contribution in [-0.2, 0) is 14.3 Å². The van der Waals surface area contributed by atoms with E-state index in [0.717, 1.165) is 10.9 Å². The predicted molar refractivity (Wildman–Crippen MR) is 167 cm³/mol. The first-order valence-electron chi connectivity index (χ1n) is 13.9. The number of Topliss-reactive ketones (excluding diaryl/α,β-unsaturated/α-hetero) is 1. The number of hydrogen-bond donors (Lipinski definition) is 1. The lowest BCUT2D eigenvalue weighted by atomic mass is 9.98. The molecule has 260 valence electrons. The highest BCUT2D eigenvalue weighted by Crippen LogP contribution is 2.35. The van der Waals surface area contributed by atoms with Gasteiger partial charge in [-0.2, -0.15) is 0 Å². The summed E-state index contributed by atoms with van der Waals surface area (Å²) in [6.45, 7) is 1.74. The number of imidazole rings is 2. The lowest BCUT2D eigenvalue weighted by molar-refractivity contribution is -0.143. The molecule has 1 atom stereocenters. The quantitative estimate of drug-likeness (QED) is 0.104. The normalized spacial score (nSPS) is 13.5. The Kier molecular flexibility index (Phi) is 12.4. The lowest BCUT2D eigenvalue weighted by Gasteiger charge is -2.23. The maximum absolute atomic E-state index is 14.1. The van der Waals surface area contributed by atoms with Gasteiger partial charge in [-0.05, 0) is 19.8 Å². The zero-order valence-electron chi connectivity index (χ0n) is 24.8. The van der Waals surface area contributed by atoms with Crippen molar-refractivity contribution in [2.24, 2.45) is 0 Å². The Hall–Kier alpha value is -4.05. The van der Waals surface area contributed by atoms with Gasteiger partial charge < -0.3 is 14.6 Å². The third kappa shape index (κ3) is 8.58. The first-order chi connectivity index (χ1) is 23.1. The number of allylic oxidation sites excluding steroid dienone is 1. The minimum atomic E-state index is -1.36. The molecule has 19 heteroatoms. The molecule has 1 N–H and O–H groups in total. The molecule has 0 saturated heterocycles. The standard InChI is InChI=1S/C16H13Cl2F3N2O3.C14H8Cl2F3N3O/c1-2-26-12(24)4-3-11(23-7-22-15(17)16(23)18)14(25)13-9(20)5-8(19)6-10(13)21;15-13-14(16)22(5-20-13)9-1-2-10(23)21-12(9)11-7(18)3-6(17)4-8(11)19/h5-7,11H,2-4H2,1H3;3-5H,1-2H2,(H,21,23). The Morgan fingerprint density at radius 3 is 1.92 bits per heavy atom. The first-order valence-corrected chi connectivity index (χ1v) is 15.4. The van der Waals surface area contributed by atoms with E-state index in [1.165, 1.54) is 10.9 Å². The molecule has 0 spiro atoms. The van der Waals surface area contributed by atoms with Gasteiger partial charge in [-0.1, -0.05) is 46.4 Å². The second kappa shape index (κ2) is 16.1. The van der Waals surface area contributed by atoms with Crippen LogP contribution in [0.5, 0.6) is 0 Å². The van der Waals surface area contributed by atoms with Crippen LogP contribution < -0.4 is 5.32 Å². The third-order valence-electron chi connectivity index (χ3n) is 6.87. The summed E-state index contributed by atoms with van der Waals surface area (Å²) in [5, 5.41) is 2.19. The molecule has 1 aliphatic rings. The van der Waals surface area contributed by atoms with Crippen molar-refractivity contribution < 1.29 is 45.5 Å². The number of amides is 1. The molecule has 0 bridgehead atoms. The number of ether oxygens (including phenoxy) is 1. The van der Waals surface area contributed by atoms with Gasteiger partial charge in [-0.3, -0.25) is 19.0 Å². The second-order valence-electron chi connectivity index (χ2n) is 10.0. The van der Waals surface area contributed by atoms with Crippen molar-refractivity contribution in [3.05, 3.63) is 104 Å². The number of aromatic nitrogens is 4. The van der Waals surface area contributed by atoms with Gasteiger partial charge in [0.15, 0.2) is 21.2 Å². The molecular formula is C30H21Cl4F6N5O4. The fraction of sp³-hybridized carbons (Fsp3) is 0.233. The van der Waals surface area contributed by atoms with Crippen molar-refractivity contribution >= 4 is 75.5 Å². The minimum Gasteiger partial charge on any atom is -0.466 e. The Morgan fingerprint density at radius 1 is 0.857 bits per heavy atom. The van der Waals surface area contributed by atoms with Gasteiger partial charge in [0, 0.05) is 42.8 Å². The largest absolute Gasteiger partial charge is 0.466 e. The van der Waals surface area contributed by atoms with Crippen LogP contribution in [0.2, 0.25) is 20.6 Å². The number of carbonyl (C=O) groups is 3. The van der Waals surface area contributed by atoms with Gasteiger partial charge in [0.25, 0.3) is 0 Å². The molecule has 1 amide bonds. The smallest absolute Gasteiger partial charge is 0.305 e. The van der Waals surface area contributed by atoms with Gasteiger partial charge in [0.1, 0.15) is 46.4 Å². The molecule has 2 aromatic carbocycles. The van der Waals surface area contributed by atoms with Crippen LogP contribution in [-0.4, -0.2) is 43.4 Å². The summed E-state index contributed by atoms with van der Waals surface area (Å²) in [5.41, 5.74) is -1.32. The molecule has 0 fully saturated rings. The van der Waals surface area contributed by atoms with Crippen LogP contribution in [0.3, 0.4) is 0 Å². The zero-order chi connectivity index (χ0) is 36.2. The third-order valence-corrected chi connectivity index (χ3v) is 8.35. The summed E-state index contributed by atoms with van der Waals surface area (Å²) < 4.78 is 89.5. The molecule has 0 radical (unpaired) electrons. The fourth-order valence-corrected chi connectivity index (χ4v) is 5.41. The SMILES string of the molecule is CCOC(=O)CCC(C(=O)c1c(F)cc(F)cc1F)n1cnc(Cl)c1Cl.O=C1CCC(n2cnc(Cl)c2Cl)=C(c2c(F)cc(F)cc2F)N1. The Labute approximate surface area is 293 Å². The Balaban J connectivity index is 0.000000222. The predicted octanol–water partition coefficient (Wildman–Crippen LogP) is 8.22. The highest BCUT2D eigenvalue weighted by Gasteiger charge is 2.31. The Morgan fingerprint density at radius 2 is 1.41 bits per heavy atom. The van der Waals surface area contributed by atoms with E-state index in [4.69, 9.17) is 51.1 Å². The fourth-order valence-electron chi connectivity index (χ4n) is 4.73. The van der Waals surface area contributed by atoms with Gasteiger partial charge in [-0.25, -0.2) is 36.3 Å². The van der Waals surface area contributed by atoms with Crippen molar-refractivity contribution in [1.29, 1.82) is 0 Å². The number of halogens is 10. The van der Waals surface area contributed by atoms with Crippen LogP contribution in [0.4, 0.5) is 26.3 Å². The molecule has 5 rings (SSSR count). The minimum absolute atomic E-state index is 0.00969. The maximum Gasteiger partial charge on any atom is 0.305 e. The number of benzene rings is 2. The number of carbonyl (C=O) groups excluding carboxylic acids is 3. The van der Waals surface area contributed by atoms with Crippen LogP contribution in [0.15, 0.2) is 36.9 Å². The van der Waals surface area contributed by atoms with Crippen molar-refractivity contribution in [3.8, 4) is 0 Å². The summed E-state index contributed by atoms with van der Waals surface area (Å²) in [4.78, 5) is 43.5. The van der Waals surface area contributed by atoms with Crippen molar-refractivity contribution in [2.45, 2.75) is 38.6 Å². The molecule has 2 aromatic heterocycles. The summed E-state index contributed by atoms with van der Waals surface area (Å²) in [7, 11) is 0. The van der Waals surface area contributed by atoms with Crippen LogP contribution in [0.1, 0.15) is 54.6 Å². The van der Waals surface area contributed by atoms with Gasteiger partial charge in [0.2, 0.25) is 5.91 Å². The molecule has 9 nitrogen and oxygen atoms in total. The van der Waals surface area contributed by atoms with Crippen molar-refractivity contribution in [1.82, 2.24) is 24.4 Å². The number of ketones is 1. The molecular weight excluding hydrogens is 750 g/mol. The van der Waals surface area contributed by atoms with Crippen LogP contribution in [0.25, 0.3) is 11.4 Å². The molecule has 0 saturated carbocycles. The average molecular weight is 771 g/mol. The first kappa shape index (κ1) is 37.8. The molecule has 4 aromatic rings. The number of nitrogens with zero attached hydrogens (tertiary/aromatic N) is 4. The van der Waals surface area contributed by atoms with Crippen LogP contribution >= 0.6 is 46.4 Å². The highest BCUT2D eigenvalue weighted by molar-refractivity contribution is 6.41. The highest BCUT2D eigenvalue weighted by atomic mass is 35.5. The van der Waals surface area contributed by atoms with E-state index in [1.807, 2.05) is 0 Å². The van der Waals surface area contributed by atoms with Gasteiger partial charge in [-0.15, -0.1) is 0 Å². The van der Waals surface area contributed by atoms with E-state index < -0.39 is 69.7 Å². The molecule has 1 aliphatic heterocycles.